The first-order valence-corrected chi connectivity index (χ1v) is 7.37. The molecule has 0 bridgehead atoms. The highest BCUT2D eigenvalue weighted by Crippen LogP contribution is 2.27. The summed E-state index contributed by atoms with van der Waals surface area (Å²) in [5.74, 6) is 0.141. The smallest absolute Gasteiger partial charge is 0.234 e. The molecule has 7 heteroatoms. The van der Waals surface area contributed by atoms with Crippen LogP contribution in [0.2, 0.25) is 5.02 Å². The minimum absolute atomic E-state index is 0.119. The van der Waals surface area contributed by atoms with Crippen LogP contribution in [0.3, 0.4) is 0 Å². The number of halogens is 1. The number of aromatic nitrogens is 3. The zero-order valence-electron chi connectivity index (χ0n) is 11.5. The summed E-state index contributed by atoms with van der Waals surface area (Å²) in [4.78, 5) is 12.0. The second kappa shape index (κ2) is 6.28. The number of anilines is 1. The third kappa shape index (κ3) is 3.52. The first-order valence-electron chi connectivity index (χ1n) is 6.00. The van der Waals surface area contributed by atoms with E-state index in [-0.39, 0.29) is 11.7 Å². The number of rotatable bonds is 4. The summed E-state index contributed by atoms with van der Waals surface area (Å²) < 4.78 is 1.77. The molecule has 0 aliphatic rings. The van der Waals surface area contributed by atoms with Crippen molar-refractivity contribution in [2.75, 3.05) is 11.1 Å². The number of hydrogen-bond donors (Lipinski definition) is 1. The largest absolute Gasteiger partial charge is 0.324 e. The molecule has 1 amide bonds. The van der Waals surface area contributed by atoms with E-state index >= 15 is 0 Å². The molecule has 0 saturated carbocycles. The van der Waals surface area contributed by atoms with Gasteiger partial charge in [-0.05, 0) is 31.0 Å². The Labute approximate surface area is 126 Å². The van der Waals surface area contributed by atoms with Crippen molar-refractivity contribution in [1.82, 2.24) is 14.8 Å². The molecule has 0 atom stereocenters. The fourth-order valence-corrected chi connectivity index (χ4v) is 2.84. The van der Waals surface area contributed by atoms with E-state index in [0.717, 1.165) is 11.1 Å². The van der Waals surface area contributed by atoms with Crippen LogP contribution in [0.4, 0.5) is 5.69 Å². The van der Waals surface area contributed by atoms with E-state index in [9.17, 15) is 4.79 Å². The number of amides is 1. The van der Waals surface area contributed by atoms with Crippen molar-refractivity contribution in [3.05, 3.63) is 34.6 Å². The van der Waals surface area contributed by atoms with Crippen LogP contribution in [-0.4, -0.2) is 26.4 Å². The third-order valence-corrected chi connectivity index (χ3v) is 4.03. The van der Waals surface area contributed by atoms with Crippen molar-refractivity contribution in [2.45, 2.75) is 19.0 Å². The minimum Gasteiger partial charge on any atom is -0.324 e. The molecule has 0 fully saturated rings. The summed E-state index contributed by atoms with van der Waals surface area (Å²) >= 11 is 7.49. The van der Waals surface area contributed by atoms with E-state index in [4.69, 9.17) is 11.6 Å². The number of thioether (sulfide) groups is 1. The molecule has 0 spiro atoms. The molecule has 1 heterocycles. The van der Waals surface area contributed by atoms with Crippen molar-refractivity contribution in [1.29, 1.82) is 0 Å². The molecule has 2 aromatic rings. The molecule has 0 saturated heterocycles. The Bertz CT molecular complexity index is 618. The van der Waals surface area contributed by atoms with E-state index < -0.39 is 0 Å². The van der Waals surface area contributed by atoms with Gasteiger partial charge < -0.3 is 9.88 Å². The van der Waals surface area contributed by atoms with E-state index in [1.165, 1.54) is 11.8 Å². The molecule has 0 radical (unpaired) electrons. The topological polar surface area (TPSA) is 59.8 Å². The Morgan fingerprint density at radius 3 is 2.80 bits per heavy atom. The Morgan fingerprint density at radius 1 is 1.45 bits per heavy atom. The van der Waals surface area contributed by atoms with Crippen LogP contribution in [0.25, 0.3) is 0 Å². The lowest BCUT2D eigenvalue weighted by Gasteiger charge is -2.11. The zero-order valence-corrected chi connectivity index (χ0v) is 13.0. The van der Waals surface area contributed by atoms with Crippen LogP contribution in [-0.2, 0) is 11.8 Å². The molecule has 0 unspecified atom stereocenters. The summed E-state index contributed by atoms with van der Waals surface area (Å²) in [6, 6.07) is 3.82. The fourth-order valence-electron chi connectivity index (χ4n) is 1.78. The van der Waals surface area contributed by atoms with Crippen LogP contribution in [0.15, 0.2) is 23.6 Å². The maximum atomic E-state index is 12.0. The maximum absolute atomic E-state index is 12.0. The zero-order chi connectivity index (χ0) is 14.7. The Kier molecular flexibility index (Phi) is 4.67. The predicted molar refractivity (Wildman–Crippen MR) is 81.3 cm³/mol. The van der Waals surface area contributed by atoms with E-state index in [1.807, 2.05) is 33.0 Å². The van der Waals surface area contributed by atoms with E-state index in [1.54, 1.807) is 10.9 Å². The van der Waals surface area contributed by atoms with Gasteiger partial charge in [0.15, 0.2) is 5.16 Å². The molecular weight excluding hydrogens is 296 g/mol. The van der Waals surface area contributed by atoms with Gasteiger partial charge in [-0.15, -0.1) is 10.2 Å². The van der Waals surface area contributed by atoms with Gasteiger partial charge in [0.1, 0.15) is 6.33 Å². The van der Waals surface area contributed by atoms with Gasteiger partial charge in [-0.3, -0.25) is 4.79 Å². The molecule has 1 aromatic heterocycles. The number of benzene rings is 1. The van der Waals surface area contributed by atoms with Crippen molar-refractivity contribution < 1.29 is 4.79 Å². The molecule has 5 nitrogen and oxygen atoms in total. The van der Waals surface area contributed by atoms with Gasteiger partial charge >= 0.3 is 0 Å². The lowest BCUT2D eigenvalue weighted by Crippen LogP contribution is -2.15. The maximum Gasteiger partial charge on any atom is 0.234 e. The van der Waals surface area contributed by atoms with Crippen LogP contribution < -0.4 is 5.32 Å². The molecule has 0 aliphatic carbocycles. The van der Waals surface area contributed by atoms with Crippen LogP contribution in [0, 0.1) is 13.8 Å². The van der Waals surface area contributed by atoms with Gasteiger partial charge in [-0.25, -0.2) is 0 Å². The Morgan fingerprint density at radius 2 is 2.20 bits per heavy atom. The number of nitrogens with one attached hydrogen (secondary N) is 1. The summed E-state index contributed by atoms with van der Waals surface area (Å²) in [5.41, 5.74) is 2.69. The first kappa shape index (κ1) is 14.9. The molecule has 1 N–H and O–H groups in total. The number of aryl methyl sites for hydroxylation is 3. The predicted octanol–water partition coefficient (Wildman–Crippen LogP) is 2.82. The summed E-state index contributed by atoms with van der Waals surface area (Å²) in [7, 11) is 1.83. The standard InChI is InChI=1S/C13H15ClN4OS/c1-8-4-9(2)12(10(14)5-8)16-11(19)6-20-13-17-15-7-18(13)3/h4-5,7H,6H2,1-3H3,(H,16,19). The van der Waals surface area contributed by atoms with Crippen LogP contribution in [0.1, 0.15) is 11.1 Å². The van der Waals surface area contributed by atoms with E-state index in [2.05, 4.69) is 15.5 Å². The first-order chi connectivity index (χ1) is 9.47. The monoisotopic (exact) mass is 310 g/mol. The number of nitrogens with zero attached hydrogens (tertiary/aromatic N) is 3. The highest BCUT2D eigenvalue weighted by molar-refractivity contribution is 7.99. The minimum atomic E-state index is -0.119. The molecule has 1 aromatic carbocycles. The van der Waals surface area contributed by atoms with Gasteiger partial charge in [0.05, 0.1) is 16.5 Å². The van der Waals surface area contributed by atoms with E-state index in [0.29, 0.717) is 15.9 Å². The van der Waals surface area contributed by atoms with Gasteiger partial charge in [0.2, 0.25) is 5.91 Å². The normalized spacial score (nSPS) is 10.6. The van der Waals surface area contributed by atoms with Crippen molar-refractivity contribution >= 4 is 35.0 Å². The Hall–Kier alpha value is -1.53. The second-order valence-corrected chi connectivity index (χ2v) is 5.85. The lowest BCUT2D eigenvalue weighted by atomic mass is 10.1. The van der Waals surface area contributed by atoms with Crippen LogP contribution >= 0.6 is 23.4 Å². The molecular formula is C13H15ClN4OS. The number of carbonyl (C=O) groups excluding carboxylic acids is 1. The Balaban J connectivity index is 2.00. The summed E-state index contributed by atoms with van der Waals surface area (Å²) in [6.07, 6.45) is 1.60. The van der Waals surface area contributed by atoms with Crippen molar-refractivity contribution in [2.24, 2.45) is 7.05 Å². The van der Waals surface area contributed by atoms with Gasteiger partial charge in [-0.2, -0.15) is 0 Å². The number of hydrogen-bond acceptors (Lipinski definition) is 4. The molecule has 2 rings (SSSR count). The number of carbonyl (C=O) groups is 1. The van der Waals surface area contributed by atoms with Crippen LogP contribution in [0.5, 0.6) is 0 Å². The average Bonchev–Trinajstić information content (AvgIpc) is 2.77. The molecule has 0 aliphatic heterocycles. The quantitative estimate of drug-likeness (QED) is 0.882. The summed E-state index contributed by atoms with van der Waals surface area (Å²) in [5, 5.41) is 11.8. The van der Waals surface area contributed by atoms with Crippen molar-refractivity contribution in [3.8, 4) is 0 Å². The van der Waals surface area contributed by atoms with Gasteiger partial charge in [-0.1, -0.05) is 29.4 Å². The van der Waals surface area contributed by atoms with Crippen molar-refractivity contribution in [3.63, 3.8) is 0 Å². The van der Waals surface area contributed by atoms with Gasteiger partial charge in [0.25, 0.3) is 0 Å². The van der Waals surface area contributed by atoms with Gasteiger partial charge in [0, 0.05) is 7.05 Å². The molecule has 20 heavy (non-hydrogen) atoms. The molecule has 106 valence electrons. The fraction of sp³-hybridized carbons (Fsp3) is 0.308. The average molecular weight is 311 g/mol. The SMILES string of the molecule is Cc1cc(C)c(NC(=O)CSc2nncn2C)c(Cl)c1. The lowest BCUT2D eigenvalue weighted by molar-refractivity contribution is -0.113. The summed E-state index contributed by atoms with van der Waals surface area (Å²) in [6.45, 7) is 3.89. The second-order valence-electron chi connectivity index (χ2n) is 4.50. The third-order valence-electron chi connectivity index (χ3n) is 2.70. The highest BCUT2D eigenvalue weighted by Gasteiger charge is 2.11. The highest BCUT2D eigenvalue weighted by atomic mass is 35.5.